The van der Waals surface area contributed by atoms with E-state index in [0.717, 1.165) is 40.5 Å². The minimum Gasteiger partial charge on any atom is -0.314 e. The van der Waals surface area contributed by atoms with E-state index in [4.69, 9.17) is 0 Å². The molecule has 2 heterocycles. The second-order valence-electron chi connectivity index (χ2n) is 16.1. The van der Waals surface area contributed by atoms with E-state index in [2.05, 4.69) is 256 Å². The summed E-state index contributed by atoms with van der Waals surface area (Å²) in [6, 6.07) is 81.3. The standard InChI is InChI=1S/C58H42N4/c1-5-19-41(20-6-1)59(45-35-37-57-51(39-45)49-27-13-15-31-55(49)61(57)43-23-9-3-10-24-43)53-33-17-30-48-47(53)29-18-34-54(48)60(42-21-7-2-8-22-42)46-36-38-58-52(40-46)50-28-14-16-32-56(50)62(58)44-25-11-4-12-26-44/h1-39,52H,40H2. The van der Waals surface area contributed by atoms with Gasteiger partial charge in [0, 0.05) is 79.4 Å². The Labute approximate surface area is 361 Å². The Balaban J connectivity index is 1.02. The van der Waals surface area contributed by atoms with E-state index in [-0.39, 0.29) is 5.92 Å². The Bertz CT molecular complexity index is 3330. The van der Waals surface area contributed by atoms with Crippen LogP contribution in [0.15, 0.2) is 248 Å². The fourth-order valence-corrected chi connectivity index (χ4v) is 10.00. The predicted octanol–water partition coefficient (Wildman–Crippen LogP) is 15.7. The maximum Gasteiger partial charge on any atom is 0.0542 e. The van der Waals surface area contributed by atoms with Crippen LogP contribution in [0.5, 0.6) is 0 Å². The average molecular weight is 795 g/mol. The number of hydrogen-bond donors (Lipinski definition) is 0. The number of anilines is 7. The van der Waals surface area contributed by atoms with Crippen molar-refractivity contribution in [2.24, 2.45) is 0 Å². The average Bonchev–Trinajstić information content (AvgIpc) is 3.85. The Morgan fingerprint density at radius 1 is 0.387 bits per heavy atom. The van der Waals surface area contributed by atoms with Crippen molar-refractivity contribution < 1.29 is 0 Å². The van der Waals surface area contributed by atoms with Crippen LogP contribution in [0.25, 0.3) is 38.3 Å². The highest BCUT2D eigenvalue weighted by Crippen LogP contribution is 2.53. The first kappa shape index (κ1) is 35.8. The third-order valence-corrected chi connectivity index (χ3v) is 12.6. The maximum absolute atomic E-state index is 2.49. The lowest BCUT2D eigenvalue weighted by molar-refractivity contribution is 0.768. The van der Waals surface area contributed by atoms with Gasteiger partial charge in [-0.1, -0.05) is 133 Å². The molecule has 1 aromatic heterocycles. The van der Waals surface area contributed by atoms with Gasteiger partial charge in [-0.05, 0) is 109 Å². The molecule has 62 heavy (non-hydrogen) atoms. The first-order chi connectivity index (χ1) is 30.8. The van der Waals surface area contributed by atoms with E-state index in [9.17, 15) is 0 Å². The molecule has 0 fully saturated rings. The Hall–Kier alpha value is -8.08. The topological polar surface area (TPSA) is 14.7 Å². The molecule has 2 aliphatic rings. The second kappa shape index (κ2) is 14.9. The lowest BCUT2D eigenvalue weighted by atomic mass is 9.89. The molecule has 0 spiro atoms. The quantitative estimate of drug-likeness (QED) is 0.152. The Morgan fingerprint density at radius 2 is 0.935 bits per heavy atom. The molecular weight excluding hydrogens is 753 g/mol. The monoisotopic (exact) mass is 794 g/mol. The number of hydrogen-bond acceptors (Lipinski definition) is 3. The van der Waals surface area contributed by atoms with Gasteiger partial charge in [0.25, 0.3) is 0 Å². The third kappa shape index (κ3) is 5.83. The van der Waals surface area contributed by atoms with E-state index < -0.39 is 0 Å². The molecule has 0 radical (unpaired) electrons. The van der Waals surface area contributed by atoms with Gasteiger partial charge in [0.05, 0.1) is 22.4 Å². The van der Waals surface area contributed by atoms with E-state index in [1.54, 1.807) is 0 Å². The fraction of sp³-hybridized carbons (Fsp3) is 0.0345. The van der Waals surface area contributed by atoms with Gasteiger partial charge in [-0.25, -0.2) is 0 Å². The third-order valence-electron chi connectivity index (χ3n) is 12.6. The SMILES string of the molecule is C1=C2C(CC(N(c3ccccc3)c3cccc4c(N(c5ccccc5)c5ccc6c(c5)c5ccccc5n6-c5ccccc5)cccc34)=C1)c1ccccc1N2c1ccccc1. The minimum atomic E-state index is 0.222. The van der Waals surface area contributed by atoms with Crippen molar-refractivity contribution in [1.29, 1.82) is 0 Å². The Kier molecular flexibility index (Phi) is 8.60. The van der Waals surface area contributed by atoms with Gasteiger partial charge in [0.1, 0.15) is 0 Å². The molecule has 0 bridgehead atoms. The number of rotatable bonds is 8. The molecule has 0 saturated heterocycles. The highest BCUT2D eigenvalue weighted by molar-refractivity contribution is 6.12. The minimum absolute atomic E-state index is 0.222. The molecular formula is C58H42N4. The number of fused-ring (bicyclic) bond motifs is 7. The van der Waals surface area contributed by atoms with Crippen LogP contribution in [-0.4, -0.2) is 4.57 Å². The van der Waals surface area contributed by atoms with Crippen LogP contribution in [0, 0.1) is 0 Å². The summed E-state index contributed by atoms with van der Waals surface area (Å²) >= 11 is 0. The summed E-state index contributed by atoms with van der Waals surface area (Å²) in [7, 11) is 0. The molecule has 1 unspecified atom stereocenters. The summed E-state index contributed by atoms with van der Waals surface area (Å²) in [6.07, 6.45) is 5.57. The summed E-state index contributed by atoms with van der Waals surface area (Å²) in [5.41, 5.74) is 15.5. The Morgan fingerprint density at radius 3 is 1.65 bits per heavy atom. The fourth-order valence-electron chi connectivity index (χ4n) is 10.00. The molecule has 1 aliphatic heterocycles. The van der Waals surface area contributed by atoms with Crippen molar-refractivity contribution >= 4 is 72.4 Å². The first-order valence-electron chi connectivity index (χ1n) is 21.5. The molecule has 0 N–H and O–H groups in total. The van der Waals surface area contributed by atoms with Crippen LogP contribution >= 0.6 is 0 Å². The lowest BCUT2D eigenvalue weighted by Crippen LogP contribution is -2.22. The molecule has 4 nitrogen and oxygen atoms in total. The van der Waals surface area contributed by atoms with Crippen molar-refractivity contribution in [2.45, 2.75) is 12.3 Å². The molecule has 294 valence electrons. The van der Waals surface area contributed by atoms with Crippen molar-refractivity contribution in [3.63, 3.8) is 0 Å². The van der Waals surface area contributed by atoms with Crippen molar-refractivity contribution in [3.05, 3.63) is 254 Å². The molecule has 0 amide bonds. The first-order valence-corrected chi connectivity index (χ1v) is 21.5. The van der Waals surface area contributed by atoms with E-state index in [1.807, 2.05) is 0 Å². The van der Waals surface area contributed by atoms with Crippen LogP contribution in [0.4, 0.5) is 39.8 Å². The van der Waals surface area contributed by atoms with Crippen molar-refractivity contribution in [3.8, 4) is 5.69 Å². The van der Waals surface area contributed by atoms with Gasteiger partial charge in [0.2, 0.25) is 0 Å². The number of aromatic nitrogens is 1. The summed E-state index contributed by atoms with van der Waals surface area (Å²) in [6.45, 7) is 0. The number of nitrogens with zero attached hydrogens (tertiary/aromatic N) is 4. The molecule has 1 atom stereocenters. The molecule has 10 aromatic rings. The van der Waals surface area contributed by atoms with Gasteiger partial charge in [-0.3, -0.25) is 0 Å². The van der Waals surface area contributed by atoms with Crippen LogP contribution in [0.3, 0.4) is 0 Å². The van der Waals surface area contributed by atoms with Crippen LogP contribution in [0.2, 0.25) is 0 Å². The summed E-state index contributed by atoms with van der Waals surface area (Å²) in [5.74, 6) is 0.222. The molecule has 1 aliphatic carbocycles. The van der Waals surface area contributed by atoms with Gasteiger partial charge in [0.15, 0.2) is 0 Å². The van der Waals surface area contributed by atoms with Gasteiger partial charge >= 0.3 is 0 Å². The molecule has 0 saturated carbocycles. The number of para-hydroxylation sites is 6. The predicted molar refractivity (Wildman–Crippen MR) is 260 cm³/mol. The summed E-state index contributed by atoms with van der Waals surface area (Å²) in [5, 5.41) is 4.81. The molecule has 4 heteroatoms. The molecule has 12 rings (SSSR count). The normalized spacial score (nSPS) is 14.4. The second-order valence-corrected chi connectivity index (χ2v) is 16.1. The van der Waals surface area contributed by atoms with Gasteiger partial charge in [-0.15, -0.1) is 0 Å². The number of allylic oxidation sites excluding steroid dienone is 4. The lowest BCUT2D eigenvalue weighted by Gasteiger charge is -2.34. The van der Waals surface area contributed by atoms with Crippen LogP contribution in [-0.2, 0) is 0 Å². The highest BCUT2D eigenvalue weighted by atomic mass is 15.2. The van der Waals surface area contributed by atoms with Crippen molar-refractivity contribution in [1.82, 2.24) is 4.57 Å². The van der Waals surface area contributed by atoms with E-state index in [0.29, 0.717) is 0 Å². The largest absolute Gasteiger partial charge is 0.314 e. The highest BCUT2D eigenvalue weighted by Gasteiger charge is 2.37. The number of benzene rings is 9. The van der Waals surface area contributed by atoms with Gasteiger partial charge < -0.3 is 19.3 Å². The van der Waals surface area contributed by atoms with E-state index in [1.165, 1.54) is 60.9 Å². The summed E-state index contributed by atoms with van der Waals surface area (Å²) < 4.78 is 2.38. The summed E-state index contributed by atoms with van der Waals surface area (Å²) in [4.78, 5) is 7.36. The van der Waals surface area contributed by atoms with E-state index >= 15 is 0 Å². The zero-order valence-corrected chi connectivity index (χ0v) is 34.1. The smallest absolute Gasteiger partial charge is 0.0542 e. The molecule has 9 aromatic carbocycles. The zero-order chi connectivity index (χ0) is 41.0. The van der Waals surface area contributed by atoms with Gasteiger partial charge in [-0.2, -0.15) is 0 Å². The van der Waals surface area contributed by atoms with Crippen molar-refractivity contribution in [2.75, 3.05) is 14.7 Å². The van der Waals surface area contributed by atoms with Crippen LogP contribution < -0.4 is 14.7 Å². The zero-order valence-electron chi connectivity index (χ0n) is 34.1. The maximum atomic E-state index is 2.49. The van der Waals surface area contributed by atoms with Crippen LogP contribution in [0.1, 0.15) is 17.9 Å².